The minimum Gasteiger partial charge on any atom is -0.490 e. The number of ether oxygens (including phenoxy) is 1. The maximum absolute atomic E-state index is 13.1. The van der Waals surface area contributed by atoms with Crippen LogP contribution in [-0.2, 0) is 6.61 Å². The zero-order valence-corrected chi connectivity index (χ0v) is 7.46. The van der Waals surface area contributed by atoms with Gasteiger partial charge in [-0.05, 0) is 25.0 Å². The molecule has 0 unspecified atom stereocenters. The first-order chi connectivity index (χ1) is 6.72. The van der Waals surface area contributed by atoms with E-state index >= 15 is 0 Å². The lowest BCUT2D eigenvalue weighted by atomic mass is 10.2. The number of aliphatic hydroxyl groups is 1. The van der Waals surface area contributed by atoms with Gasteiger partial charge >= 0.3 is 0 Å². The van der Waals surface area contributed by atoms with Crippen LogP contribution >= 0.6 is 0 Å². The Morgan fingerprint density at radius 1 is 1.36 bits per heavy atom. The van der Waals surface area contributed by atoms with Gasteiger partial charge in [0, 0.05) is 0 Å². The molecule has 0 aliphatic heterocycles. The molecule has 0 saturated heterocycles. The van der Waals surface area contributed by atoms with Crippen molar-refractivity contribution in [2.45, 2.75) is 25.6 Å². The Bertz CT molecular complexity index is 348. The van der Waals surface area contributed by atoms with Gasteiger partial charge < -0.3 is 9.84 Å². The number of halogens is 2. The Kier molecular flexibility index (Phi) is 2.37. The zero-order valence-electron chi connectivity index (χ0n) is 7.46. The summed E-state index contributed by atoms with van der Waals surface area (Å²) in [7, 11) is 0. The van der Waals surface area contributed by atoms with Gasteiger partial charge in [0.05, 0.1) is 18.3 Å². The maximum Gasteiger partial charge on any atom is 0.168 e. The second kappa shape index (κ2) is 3.53. The predicted octanol–water partition coefficient (Wildman–Crippen LogP) is 2.00. The van der Waals surface area contributed by atoms with Crippen molar-refractivity contribution in [1.82, 2.24) is 0 Å². The third kappa shape index (κ3) is 1.70. The predicted molar refractivity (Wildman–Crippen MR) is 45.9 cm³/mol. The highest BCUT2D eigenvalue weighted by Crippen LogP contribution is 2.31. The van der Waals surface area contributed by atoms with Crippen LogP contribution in [0.1, 0.15) is 18.4 Å². The third-order valence-corrected chi connectivity index (χ3v) is 2.13. The van der Waals surface area contributed by atoms with Crippen molar-refractivity contribution in [3.05, 3.63) is 29.3 Å². The van der Waals surface area contributed by atoms with Crippen LogP contribution in [0.25, 0.3) is 0 Å². The van der Waals surface area contributed by atoms with Crippen LogP contribution in [0.2, 0.25) is 0 Å². The molecule has 1 aliphatic rings. The quantitative estimate of drug-likeness (QED) is 0.808. The Hall–Kier alpha value is -1.16. The molecule has 0 aromatic heterocycles. The average Bonchev–Trinajstić information content (AvgIpc) is 2.96. The Labute approximate surface area is 80.1 Å². The van der Waals surface area contributed by atoms with Gasteiger partial charge in [0.1, 0.15) is 5.75 Å². The summed E-state index contributed by atoms with van der Waals surface area (Å²) in [6, 6.07) is 2.36. The third-order valence-electron chi connectivity index (χ3n) is 2.13. The molecule has 1 N–H and O–H groups in total. The largest absolute Gasteiger partial charge is 0.490 e. The molecule has 0 amide bonds. The second-order valence-corrected chi connectivity index (χ2v) is 3.31. The van der Waals surface area contributed by atoms with E-state index in [1.165, 1.54) is 6.07 Å². The van der Waals surface area contributed by atoms with Gasteiger partial charge in [-0.1, -0.05) is 0 Å². The summed E-state index contributed by atoms with van der Waals surface area (Å²) < 4.78 is 31.2. The van der Waals surface area contributed by atoms with E-state index in [-0.39, 0.29) is 17.4 Å². The monoisotopic (exact) mass is 200 g/mol. The Morgan fingerprint density at radius 3 is 2.64 bits per heavy atom. The van der Waals surface area contributed by atoms with Gasteiger partial charge in [-0.3, -0.25) is 0 Å². The lowest BCUT2D eigenvalue weighted by molar-refractivity contribution is 0.249. The summed E-state index contributed by atoms with van der Waals surface area (Å²) in [5.41, 5.74) is -0.100. The van der Waals surface area contributed by atoms with Crippen molar-refractivity contribution in [3.8, 4) is 5.75 Å². The topological polar surface area (TPSA) is 29.5 Å². The smallest absolute Gasteiger partial charge is 0.168 e. The van der Waals surface area contributed by atoms with Gasteiger partial charge in [-0.15, -0.1) is 0 Å². The van der Waals surface area contributed by atoms with Gasteiger partial charge in [0.25, 0.3) is 0 Å². The molecule has 14 heavy (non-hydrogen) atoms. The minimum atomic E-state index is -1.02. The number of rotatable bonds is 3. The molecule has 76 valence electrons. The minimum absolute atomic E-state index is 0.100. The molecule has 1 fully saturated rings. The molecule has 2 nitrogen and oxygen atoms in total. The first-order valence-electron chi connectivity index (χ1n) is 4.46. The van der Waals surface area contributed by atoms with Crippen LogP contribution in [0.5, 0.6) is 5.75 Å². The van der Waals surface area contributed by atoms with E-state index < -0.39 is 18.2 Å². The highest BCUT2D eigenvalue weighted by molar-refractivity contribution is 5.35. The first-order valence-corrected chi connectivity index (χ1v) is 4.46. The Balaban J connectivity index is 2.32. The second-order valence-electron chi connectivity index (χ2n) is 3.31. The van der Waals surface area contributed by atoms with Gasteiger partial charge in [0.15, 0.2) is 11.6 Å². The molecule has 4 heteroatoms. The summed E-state index contributed by atoms with van der Waals surface area (Å²) in [5, 5.41) is 8.87. The van der Waals surface area contributed by atoms with Crippen LogP contribution in [0.3, 0.4) is 0 Å². The van der Waals surface area contributed by atoms with Crippen molar-refractivity contribution >= 4 is 0 Å². The number of hydrogen-bond donors (Lipinski definition) is 1. The highest BCUT2D eigenvalue weighted by Gasteiger charge is 2.25. The van der Waals surface area contributed by atoms with Crippen LogP contribution in [0.4, 0.5) is 8.78 Å². The van der Waals surface area contributed by atoms with Crippen molar-refractivity contribution in [3.63, 3.8) is 0 Å². The first kappa shape index (κ1) is 9.40. The molecule has 0 spiro atoms. The molecule has 0 bridgehead atoms. The molecule has 1 saturated carbocycles. The molecular formula is C10H10F2O2. The van der Waals surface area contributed by atoms with E-state index in [0.717, 1.165) is 18.9 Å². The fourth-order valence-electron chi connectivity index (χ4n) is 1.20. The summed E-state index contributed by atoms with van der Waals surface area (Å²) in [5.74, 6) is -1.74. The fraction of sp³-hybridized carbons (Fsp3) is 0.400. The fourth-order valence-corrected chi connectivity index (χ4v) is 1.20. The number of aliphatic hydroxyl groups excluding tert-OH is 1. The van der Waals surface area contributed by atoms with E-state index in [9.17, 15) is 8.78 Å². The molecule has 1 aliphatic carbocycles. The zero-order chi connectivity index (χ0) is 10.1. The summed E-state index contributed by atoms with van der Waals surface area (Å²) in [6.07, 6.45) is 1.97. The summed E-state index contributed by atoms with van der Waals surface area (Å²) in [6.45, 7) is -0.550. The van der Waals surface area contributed by atoms with E-state index in [4.69, 9.17) is 9.84 Å². The van der Waals surface area contributed by atoms with E-state index in [0.29, 0.717) is 0 Å². The van der Waals surface area contributed by atoms with Gasteiger partial charge in [-0.2, -0.15) is 0 Å². The lowest BCUT2D eigenvalue weighted by Crippen LogP contribution is -2.03. The molecular weight excluding hydrogens is 190 g/mol. The average molecular weight is 200 g/mol. The van der Waals surface area contributed by atoms with Crippen LogP contribution in [0, 0.1) is 11.6 Å². The molecule has 2 rings (SSSR count). The maximum atomic E-state index is 13.1. The lowest BCUT2D eigenvalue weighted by Gasteiger charge is -2.09. The standard InChI is InChI=1S/C10H10F2O2/c11-8-3-4-9(14-6-1-2-6)7(5-13)10(8)12/h3-4,6,13H,1-2,5H2. The number of hydrogen-bond acceptors (Lipinski definition) is 2. The van der Waals surface area contributed by atoms with Gasteiger partial charge in [0.2, 0.25) is 0 Å². The Morgan fingerprint density at radius 2 is 2.07 bits per heavy atom. The number of benzene rings is 1. The van der Waals surface area contributed by atoms with Crippen molar-refractivity contribution in [2.24, 2.45) is 0 Å². The van der Waals surface area contributed by atoms with E-state index in [2.05, 4.69) is 0 Å². The molecule has 0 heterocycles. The van der Waals surface area contributed by atoms with Crippen molar-refractivity contribution in [1.29, 1.82) is 0 Å². The molecule has 0 atom stereocenters. The summed E-state index contributed by atoms with van der Waals surface area (Å²) >= 11 is 0. The molecule has 1 aromatic carbocycles. The summed E-state index contributed by atoms with van der Waals surface area (Å²) in [4.78, 5) is 0. The van der Waals surface area contributed by atoms with E-state index in [1.54, 1.807) is 0 Å². The van der Waals surface area contributed by atoms with Crippen LogP contribution < -0.4 is 4.74 Å². The van der Waals surface area contributed by atoms with Gasteiger partial charge in [-0.25, -0.2) is 8.78 Å². The normalized spacial score (nSPS) is 15.6. The van der Waals surface area contributed by atoms with Crippen molar-refractivity contribution < 1.29 is 18.6 Å². The highest BCUT2D eigenvalue weighted by atomic mass is 19.2. The van der Waals surface area contributed by atoms with Crippen LogP contribution in [0.15, 0.2) is 12.1 Å². The SMILES string of the molecule is OCc1c(OC2CC2)ccc(F)c1F. The molecule has 1 aromatic rings. The molecule has 0 radical (unpaired) electrons. The van der Waals surface area contributed by atoms with Crippen LogP contribution in [-0.4, -0.2) is 11.2 Å². The van der Waals surface area contributed by atoms with Crippen molar-refractivity contribution in [2.75, 3.05) is 0 Å². The van der Waals surface area contributed by atoms with E-state index in [1.807, 2.05) is 0 Å².